The van der Waals surface area contributed by atoms with Crippen molar-refractivity contribution < 1.29 is 14.3 Å². The first-order valence-corrected chi connectivity index (χ1v) is 8.95. The second-order valence-corrected chi connectivity index (χ2v) is 6.47. The van der Waals surface area contributed by atoms with E-state index in [0.717, 1.165) is 35.4 Å². The number of anilines is 1. The van der Waals surface area contributed by atoms with Crippen LogP contribution in [-0.4, -0.2) is 24.2 Å². The average molecular weight is 355 g/mol. The molecule has 0 saturated heterocycles. The van der Waals surface area contributed by atoms with Gasteiger partial charge in [-0.3, -0.25) is 4.98 Å². The van der Waals surface area contributed by atoms with E-state index in [4.69, 9.17) is 9.47 Å². The van der Waals surface area contributed by atoms with Gasteiger partial charge in [0.1, 0.15) is 0 Å². The summed E-state index contributed by atoms with van der Waals surface area (Å²) in [5.41, 5.74) is 2.55. The lowest BCUT2D eigenvalue weighted by Gasteiger charge is -2.19. The zero-order valence-corrected chi connectivity index (χ0v) is 15.2. The molecule has 0 radical (unpaired) electrons. The number of carbonyl (C=O) groups is 1. The number of pyridine rings is 1. The maximum Gasteiger partial charge on any atom is 0.319 e. The van der Waals surface area contributed by atoms with E-state index in [2.05, 4.69) is 15.6 Å². The average Bonchev–Trinajstić information content (AvgIpc) is 3.16. The van der Waals surface area contributed by atoms with Crippen LogP contribution in [0.2, 0.25) is 0 Å². The molecule has 0 spiro atoms. The van der Waals surface area contributed by atoms with Gasteiger partial charge in [0, 0.05) is 30.2 Å². The molecule has 6 heteroatoms. The minimum Gasteiger partial charge on any atom is -0.493 e. The van der Waals surface area contributed by atoms with Crippen LogP contribution < -0.4 is 20.1 Å². The zero-order chi connectivity index (χ0) is 18.4. The summed E-state index contributed by atoms with van der Waals surface area (Å²) in [6.45, 7) is 2.26. The van der Waals surface area contributed by atoms with Gasteiger partial charge in [0.25, 0.3) is 0 Å². The maximum absolute atomic E-state index is 12.2. The van der Waals surface area contributed by atoms with Gasteiger partial charge in [0.15, 0.2) is 11.5 Å². The molecule has 2 aromatic rings. The summed E-state index contributed by atoms with van der Waals surface area (Å²) in [5, 5.41) is 5.72. The summed E-state index contributed by atoms with van der Waals surface area (Å²) in [6, 6.07) is 7.24. The van der Waals surface area contributed by atoms with Crippen LogP contribution in [0.5, 0.6) is 11.5 Å². The number of aromatic nitrogens is 1. The fourth-order valence-corrected chi connectivity index (χ4v) is 3.12. The molecule has 1 aliphatic rings. The van der Waals surface area contributed by atoms with E-state index >= 15 is 0 Å². The number of hydrogen-bond donors (Lipinski definition) is 2. The summed E-state index contributed by atoms with van der Waals surface area (Å²) in [5.74, 6) is 1.42. The van der Waals surface area contributed by atoms with Gasteiger partial charge in [-0.1, -0.05) is 12.1 Å². The van der Waals surface area contributed by atoms with E-state index in [1.165, 1.54) is 12.8 Å². The predicted octanol–water partition coefficient (Wildman–Crippen LogP) is 4.04. The molecule has 1 fully saturated rings. The number of amides is 2. The maximum atomic E-state index is 12.2. The Morgan fingerprint density at radius 1 is 1.27 bits per heavy atom. The van der Waals surface area contributed by atoms with E-state index in [0.29, 0.717) is 12.3 Å². The Morgan fingerprint density at radius 3 is 2.81 bits per heavy atom. The Kier molecular flexibility index (Phi) is 5.94. The fourth-order valence-electron chi connectivity index (χ4n) is 3.12. The number of hydrogen-bond acceptors (Lipinski definition) is 4. The smallest absolute Gasteiger partial charge is 0.319 e. The minimum atomic E-state index is -0.270. The molecule has 1 heterocycles. The monoisotopic (exact) mass is 355 g/mol. The highest BCUT2D eigenvalue weighted by atomic mass is 16.5. The van der Waals surface area contributed by atoms with Crippen LogP contribution in [0.4, 0.5) is 10.5 Å². The predicted molar refractivity (Wildman–Crippen MR) is 101 cm³/mol. The summed E-state index contributed by atoms with van der Waals surface area (Å²) < 4.78 is 11.6. The Bertz CT molecular complexity index is 758. The SMILES string of the molecule is COc1cccc(CNC(=O)Nc2ccncc2C)c1OC1CCCC1. The Labute approximate surface area is 153 Å². The molecule has 1 aliphatic carbocycles. The van der Waals surface area contributed by atoms with Crippen molar-refractivity contribution in [3.05, 3.63) is 47.8 Å². The number of carbonyl (C=O) groups excluding carboxylic acids is 1. The van der Waals surface area contributed by atoms with E-state index in [1.807, 2.05) is 25.1 Å². The second-order valence-electron chi connectivity index (χ2n) is 6.47. The van der Waals surface area contributed by atoms with Crippen molar-refractivity contribution in [2.24, 2.45) is 0 Å². The molecule has 2 amide bonds. The van der Waals surface area contributed by atoms with Crippen LogP contribution in [0.25, 0.3) is 0 Å². The lowest BCUT2D eigenvalue weighted by atomic mass is 10.1. The lowest BCUT2D eigenvalue weighted by molar-refractivity contribution is 0.198. The molecule has 2 N–H and O–H groups in total. The highest BCUT2D eigenvalue weighted by molar-refractivity contribution is 5.89. The number of nitrogens with zero attached hydrogens (tertiary/aromatic N) is 1. The van der Waals surface area contributed by atoms with Gasteiger partial charge in [-0.05, 0) is 50.3 Å². The molecule has 26 heavy (non-hydrogen) atoms. The highest BCUT2D eigenvalue weighted by Crippen LogP contribution is 2.34. The number of para-hydroxylation sites is 1. The number of benzene rings is 1. The first-order valence-electron chi connectivity index (χ1n) is 8.95. The van der Waals surface area contributed by atoms with Gasteiger partial charge < -0.3 is 20.1 Å². The number of aryl methyl sites for hydroxylation is 1. The first kappa shape index (κ1) is 18.0. The quantitative estimate of drug-likeness (QED) is 0.820. The molecular weight excluding hydrogens is 330 g/mol. The van der Waals surface area contributed by atoms with Crippen molar-refractivity contribution >= 4 is 11.7 Å². The van der Waals surface area contributed by atoms with Crippen LogP contribution in [0.1, 0.15) is 36.8 Å². The third-order valence-corrected chi connectivity index (χ3v) is 4.57. The fraction of sp³-hybridized carbons (Fsp3) is 0.400. The van der Waals surface area contributed by atoms with E-state index < -0.39 is 0 Å². The number of ether oxygens (including phenoxy) is 2. The minimum absolute atomic E-state index is 0.221. The van der Waals surface area contributed by atoms with Crippen LogP contribution in [0.15, 0.2) is 36.7 Å². The molecule has 138 valence electrons. The number of nitrogens with one attached hydrogen (secondary N) is 2. The van der Waals surface area contributed by atoms with Crippen molar-refractivity contribution in [3.8, 4) is 11.5 Å². The second kappa shape index (κ2) is 8.56. The van der Waals surface area contributed by atoms with Crippen LogP contribution in [-0.2, 0) is 6.54 Å². The third-order valence-electron chi connectivity index (χ3n) is 4.57. The molecular formula is C20H25N3O3. The summed E-state index contributed by atoms with van der Waals surface area (Å²) >= 11 is 0. The summed E-state index contributed by atoms with van der Waals surface area (Å²) in [4.78, 5) is 16.3. The van der Waals surface area contributed by atoms with Gasteiger partial charge in [0.05, 0.1) is 13.2 Å². The summed E-state index contributed by atoms with van der Waals surface area (Å²) in [6.07, 6.45) is 8.10. The van der Waals surface area contributed by atoms with Crippen molar-refractivity contribution in [2.75, 3.05) is 12.4 Å². The summed E-state index contributed by atoms with van der Waals surface area (Å²) in [7, 11) is 1.63. The van der Waals surface area contributed by atoms with Crippen molar-refractivity contribution in [3.63, 3.8) is 0 Å². The van der Waals surface area contributed by atoms with Gasteiger partial charge in [-0.15, -0.1) is 0 Å². The molecule has 0 bridgehead atoms. The molecule has 0 unspecified atom stereocenters. The van der Waals surface area contributed by atoms with Crippen LogP contribution >= 0.6 is 0 Å². The van der Waals surface area contributed by atoms with E-state index in [9.17, 15) is 4.79 Å². The van der Waals surface area contributed by atoms with Gasteiger partial charge in [-0.2, -0.15) is 0 Å². The molecule has 0 atom stereocenters. The Balaban J connectivity index is 1.66. The Hall–Kier alpha value is -2.76. The number of methoxy groups -OCH3 is 1. The third kappa shape index (κ3) is 4.45. The van der Waals surface area contributed by atoms with Crippen molar-refractivity contribution in [2.45, 2.75) is 45.3 Å². The molecule has 1 aromatic carbocycles. The van der Waals surface area contributed by atoms with E-state index in [-0.39, 0.29) is 12.1 Å². The van der Waals surface area contributed by atoms with Crippen LogP contribution in [0.3, 0.4) is 0 Å². The number of rotatable bonds is 6. The normalized spacial score (nSPS) is 14.1. The standard InChI is InChI=1S/C20H25N3O3/c1-14-12-21-11-10-17(14)23-20(24)22-13-15-6-5-9-18(25-2)19(15)26-16-7-3-4-8-16/h5-6,9-12,16H,3-4,7-8,13H2,1-2H3,(H2,21,22,23,24). The molecule has 3 rings (SSSR count). The molecule has 1 saturated carbocycles. The van der Waals surface area contributed by atoms with Gasteiger partial charge in [0.2, 0.25) is 0 Å². The van der Waals surface area contributed by atoms with E-state index in [1.54, 1.807) is 25.6 Å². The molecule has 6 nitrogen and oxygen atoms in total. The van der Waals surface area contributed by atoms with Crippen molar-refractivity contribution in [1.82, 2.24) is 10.3 Å². The topological polar surface area (TPSA) is 72.5 Å². The van der Waals surface area contributed by atoms with Crippen LogP contribution in [0, 0.1) is 6.92 Å². The van der Waals surface area contributed by atoms with Crippen molar-refractivity contribution in [1.29, 1.82) is 0 Å². The lowest BCUT2D eigenvalue weighted by Crippen LogP contribution is -2.29. The first-order chi connectivity index (χ1) is 12.7. The van der Waals surface area contributed by atoms with Gasteiger partial charge in [-0.25, -0.2) is 4.79 Å². The largest absolute Gasteiger partial charge is 0.493 e. The molecule has 1 aromatic heterocycles. The molecule has 0 aliphatic heterocycles. The number of urea groups is 1. The zero-order valence-electron chi connectivity index (χ0n) is 15.2. The Morgan fingerprint density at radius 2 is 2.08 bits per heavy atom. The van der Waals surface area contributed by atoms with Gasteiger partial charge >= 0.3 is 6.03 Å². The highest BCUT2D eigenvalue weighted by Gasteiger charge is 2.20.